The van der Waals surface area contributed by atoms with Crippen molar-refractivity contribution in [1.29, 1.82) is 0 Å². The van der Waals surface area contributed by atoms with Crippen molar-refractivity contribution in [3.05, 3.63) is 288 Å². The van der Waals surface area contributed by atoms with E-state index in [-0.39, 0.29) is 0 Å². The summed E-state index contributed by atoms with van der Waals surface area (Å²) >= 11 is 0. The van der Waals surface area contributed by atoms with Crippen LogP contribution in [0.15, 0.2) is 255 Å². The van der Waals surface area contributed by atoms with Crippen molar-refractivity contribution in [2.24, 2.45) is 0 Å². The first kappa shape index (κ1) is 112. The van der Waals surface area contributed by atoms with Crippen molar-refractivity contribution in [1.82, 2.24) is 0 Å². The summed E-state index contributed by atoms with van der Waals surface area (Å²) < 4.78 is 110. The molecule has 0 N–H and O–H groups in total. The van der Waals surface area contributed by atoms with E-state index in [1.54, 1.807) is 0 Å². The predicted molar refractivity (Wildman–Crippen MR) is 538 cm³/mol. The van der Waals surface area contributed by atoms with Crippen molar-refractivity contribution in [3.8, 4) is 0 Å². The molecule has 0 aliphatic carbocycles. The van der Waals surface area contributed by atoms with E-state index in [0.717, 1.165) is 100 Å². The van der Waals surface area contributed by atoms with Crippen LogP contribution in [0.2, 0.25) is 0 Å². The van der Waals surface area contributed by atoms with Gasteiger partial charge in [-0.3, -0.25) is 28.8 Å². The quantitative estimate of drug-likeness (QED) is 0.0333. The average molecular weight is 2040 g/mol. The highest BCUT2D eigenvalue weighted by Gasteiger charge is 2.33. The van der Waals surface area contributed by atoms with Gasteiger partial charge in [-0.1, -0.05) is 218 Å². The Labute approximate surface area is 788 Å². The van der Waals surface area contributed by atoms with Crippen LogP contribution >= 0.6 is 50.0 Å². The lowest BCUT2D eigenvalue weighted by atomic mass is 10.1. The fraction of sp³-hybridized carbons (Fsp3) is 0.312. The van der Waals surface area contributed by atoms with Crippen molar-refractivity contribution in [2.75, 3.05) is 104 Å². The highest BCUT2D eigenvalue weighted by Crippen LogP contribution is 2.28. The minimum atomic E-state index is -3.88. The minimum Gasteiger partial charge on any atom is -0.777 e. The number of hydrogen-bond donors (Lipinski definition) is 0. The molecule has 6 fully saturated rings. The van der Waals surface area contributed by atoms with Crippen LogP contribution in [0.5, 0.6) is 0 Å². The molecule has 0 aromatic heterocycles. The molecular formula is C96H108F6O18P6S6. The fourth-order valence-corrected chi connectivity index (χ4v) is 28.5. The van der Waals surface area contributed by atoms with E-state index in [1.165, 1.54) is 178 Å². The maximum atomic E-state index is 12.3. The second-order valence-electron chi connectivity index (χ2n) is 30.6. The zero-order valence-corrected chi connectivity index (χ0v) is 83.4. The van der Waals surface area contributed by atoms with Crippen molar-refractivity contribution >= 4 is 215 Å². The smallest absolute Gasteiger partial charge is 0.211 e. The lowest BCUT2D eigenvalue weighted by Gasteiger charge is -2.03. The predicted octanol–water partition coefficient (Wildman–Crippen LogP) is 18.8. The van der Waals surface area contributed by atoms with Crippen LogP contribution in [-0.2, 0) is 92.8 Å². The number of halogens is 6. The fourth-order valence-electron chi connectivity index (χ4n) is 14.9. The van der Waals surface area contributed by atoms with E-state index in [2.05, 4.69) is 109 Å². The maximum Gasteiger partial charge on any atom is 0.211 e. The highest BCUT2D eigenvalue weighted by atomic mass is 32.2. The molecule has 6 aliphatic heterocycles. The summed E-state index contributed by atoms with van der Waals surface area (Å²) in [5, 5.41) is 14.2. The Kier molecular flexibility index (Phi) is 53.2. The topological polar surface area (TPSA) is 343 Å². The summed E-state index contributed by atoms with van der Waals surface area (Å²) in [6, 6.07) is 85.7. The van der Waals surface area contributed by atoms with E-state index in [9.17, 15) is 53.9 Å². The summed E-state index contributed by atoms with van der Waals surface area (Å²) in [7, 11) is -21.1. The molecule has 12 aromatic rings. The van der Waals surface area contributed by atoms with Crippen molar-refractivity contribution in [3.63, 3.8) is 0 Å². The Morgan fingerprint density at radius 1 is 0.189 bits per heavy atom. The molecule has 18 rings (SSSR count). The molecule has 0 spiro atoms. The van der Waals surface area contributed by atoms with E-state index in [1.807, 2.05) is 146 Å². The van der Waals surface area contributed by atoms with Gasteiger partial charge in [0.15, 0.2) is 84.5 Å². The van der Waals surface area contributed by atoms with Gasteiger partial charge in [-0.15, -0.1) is 0 Å². The number of Topliss-reactive ketones (excluding diaryl/α,β-unsaturated/α-hetero) is 6. The summed E-state index contributed by atoms with van der Waals surface area (Å²) in [6.45, 7) is 0. The molecule has 132 heavy (non-hydrogen) atoms. The van der Waals surface area contributed by atoms with Gasteiger partial charge in [-0.25, -0.2) is 25.2 Å². The summed E-state index contributed by atoms with van der Waals surface area (Å²) in [6.07, 6.45) is 15.8. The van der Waals surface area contributed by atoms with Gasteiger partial charge in [0.2, 0.25) is 34.7 Å². The third kappa shape index (κ3) is 44.5. The first-order valence-electron chi connectivity index (χ1n) is 42.5. The SMILES string of the molecule is O=C(C[S+]1CCCC1)c1ccc2ccccc2c1.O=C(C[S+]1CCCC1)c1ccc2ccccc2c1.O=C(C[S+]1CCCC1)c1ccc2ccccc2c1.O=C(C[S+]1CCCC1)c1ccc2ccccc2c1.O=C(C[S+]1CCCC1)c1ccc2ccccc2c1.O=C(C[S+]1CCCC1)c1ccc2ccccc2c1.O=[PH]([O-])F.O=[PH]([O-])F.O=[PH]([O-])F.O=[PH]([O-])F.O=[PH]([O-])F.O=[PH]([O-])F. The molecule has 0 amide bonds. The largest absolute Gasteiger partial charge is 0.777 e. The summed E-state index contributed by atoms with van der Waals surface area (Å²) in [5.41, 5.74) is 5.30. The normalized spacial score (nSPS) is 16.1. The third-order valence-corrected chi connectivity index (χ3v) is 35.6. The standard InChI is InChI=1S/6C16H17OS.6FH2O2P/c6*17-16(12-18-9-3-4-10-18)15-8-7-13-5-1-2-6-14(13)11-15;6*1-4(2)3/h6*1-2,5-8,11H,3-4,9-10,12H2;6*4H,(H,2,3)/q6*+1;;;;;;/p-6. The van der Waals surface area contributed by atoms with Crippen LogP contribution in [0.25, 0.3) is 64.6 Å². The molecule has 36 heteroatoms. The molecule has 0 bridgehead atoms. The summed E-state index contributed by atoms with van der Waals surface area (Å²) in [4.78, 5) is 124. The Morgan fingerprint density at radius 2 is 0.288 bits per heavy atom. The Balaban J connectivity index is 0.000000206. The van der Waals surface area contributed by atoms with Gasteiger partial charge < -0.3 is 56.8 Å². The van der Waals surface area contributed by atoms with E-state index in [4.69, 9.17) is 56.8 Å². The van der Waals surface area contributed by atoms with E-state index in [0.29, 0.717) is 100 Å². The molecule has 6 unspecified atom stereocenters. The number of carbonyl (C=O) groups excluding carboxylic acids is 6. The minimum absolute atomic E-state index is 0.325. The van der Waals surface area contributed by atoms with Crippen LogP contribution in [0.1, 0.15) is 139 Å². The Morgan fingerprint density at radius 3 is 0.394 bits per heavy atom. The van der Waals surface area contributed by atoms with Gasteiger partial charge in [0.25, 0.3) is 0 Å². The molecule has 6 aliphatic rings. The molecule has 0 radical (unpaired) electrons. The number of hydrogen-bond acceptors (Lipinski definition) is 18. The van der Waals surface area contributed by atoms with Gasteiger partial charge in [0.05, 0.1) is 0 Å². The lowest BCUT2D eigenvalue weighted by molar-refractivity contribution is -0.175. The Hall–Kier alpha value is -6.96. The maximum absolute atomic E-state index is 12.3. The number of fused-ring (bicyclic) bond motifs is 6. The highest BCUT2D eigenvalue weighted by molar-refractivity contribution is 7.99. The first-order valence-corrected chi connectivity index (χ1v) is 60.1. The Bertz CT molecular complexity index is 4910. The van der Waals surface area contributed by atoms with Crippen molar-refractivity contribution in [2.45, 2.75) is 77.0 Å². The van der Waals surface area contributed by atoms with Crippen LogP contribution in [0.3, 0.4) is 0 Å². The molecule has 6 saturated heterocycles. The number of rotatable bonds is 18. The lowest BCUT2D eigenvalue weighted by Crippen LogP contribution is -2.17. The molecule has 6 atom stereocenters. The van der Waals surface area contributed by atoms with E-state index >= 15 is 0 Å². The van der Waals surface area contributed by atoms with Gasteiger partial charge >= 0.3 is 0 Å². The molecule has 708 valence electrons. The molecular weight excluding hydrogens is 1930 g/mol. The molecule has 6 heterocycles. The second-order valence-corrected chi connectivity index (χ2v) is 47.4. The zero-order chi connectivity index (χ0) is 95.7. The van der Waals surface area contributed by atoms with Gasteiger partial charge in [-0.05, 0) is 243 Å². The third-order valence-electron chi connectivity index (χ3n) is 21.1. The molecule has 18 nitrogen and oxygen atoms in total. The number of benzene rings is 12. The van der Waals surface area contributed by atoms with Crippen LogP contribution in [-0.4, -0.2) is 138 Å². The van der Waals surface area contributed by atoms with Crippen molar-refractivity contribution < 1.29 is 111 Å². The molecule has 0 saturated carbocycles. The van der Waals surface area contributed by atoms with Gasteiger partial charge in [-0.2, -0.15) is 0 Å². The average Bonchev–Trinajstić information content (AvgIpc) is 1.23. The van der Waals surface area contributed by atoms with Gasteiger partial charge in [0, 0.05) is 33.4 Å². The van der Waals surface area contributed by atoms with E-state index < -0.39 is 50.0 Å². The summed E-state index contributed by atoms with van der Waals surface area (Å²) in [5.74, 6) is 21.7. The van der Waals surface area contributed by atoms with Crippen LogP contribution in [0.4, 0.5) is 25.2 Å². The van der Waals surface area contributed by atoms with Crippen LogP contribution < -0.4 is 29.4 Å². The zero-order valence-electron chi connectivity index (χ0n) is 72.5. The number of ketones is 6. The second kappa shape index (κ2) is 62.7. The van der Waals surface area contributed by atoms with Gasteiger partial charge in [0.1, 0.15) is 69.0 Å². The number of carbonyl (C=O) groups is 6. The first-order chi connectivity index (χ1) is 63.4. The molecule has 12 aromatic carbocycles. The van der Waals surface area contributed by atoms with Crippen LogP contribution in [0, 0.1) is 0 Å². The monoisotopic (exact) mass is 2040 g/mol.